The number of likely N-dealkylation sites (N-methyl/N-ethyl adjacent to an activating group) is 1. The van der Waals surface area contributed by atoms with Gasteiger partial charge in [-0.3, -0.25) is 0 Å². The van der Waals surface area contributed by atoms with E-state index in [0.29, 0.717) is 18.8 Å². The van der Waals surface area contributed by atoms with E-state index >= 15 is 0 Å². The molecule has 0 unspecified atom stereocenters. The highest BCUT2D eigenvalue weighted by Crippen LogP contribution is 2.19. The van der Waals surface area contributed by atoms with E-state index in [0.717, 1.165) is 5.56 Å². The van der Waals surface area contributed by atoms with Gasteiger partial charge in [0.2, 0.25) is 10.0 Å². The van der Waals surface area contributed by atoms with Gasteiger partial charge in [-0.25, -0.2) is 8.42 Å². The third kappa shape index (κ3) is 4.74. The molecule has 6 heteroatoms. The summed E-state index contributed by atoms with van der Waals surface area (Å²) in [5, 5.41) is 9.82. The van der Waals surface area contributed by atoms with Crippen LogP contribution in [0.3, 0.4) is 0 Å². The van der Waals surface area contributed by atoms with Crippen LogP contribution in [0.5, 0.6) is 0 Å². The van der Waals surface area contributed by atoms with Crippen molar-refractivity contribution in [1.82, 2.24) is 4.31 Å². The lowest BCUT2D eigenvalue weighted by molar-refractivity contribution is 0.0601. The van der Waals surface area contributed by atoms with Gasteiger partial charge < -0.3 is 5.11 Å². The average molecular weight is 320 g/mol. The largest absolute Gasteiger partial charge is 0.389 e. The second kappa shape index (κ2) is 6.89. The summed E-state index contributed by atoms with van der Waals surface area (Å²) >= 11 is 5.66. The number of sulfonamides is 1. The van der Waals surface area contributed by atoms with Crippen molar-refractivity contribution in [3.8, 4) is 0 Å². The normalized spacial score (nSPS) is 12.9. The van der Waals surface area contributed by atoms with Crippen molar-refractivity contribution in [2.45, 2.75) is 37.7 Å². The summed E-state index contributed by atoms with van der Waals surface area (Å²) < 4.78 is 26.3. The Morgan fingerprint density at radius 2 is 1.80 bits per heavy atom. The molecule has 0 aromatic heterocycles. The van der Waals surface area contributed by atoms with Gasteiger partial charge in [-0.15, -0.1) is 11.6 Å². The van der Waals surface area contributed by atoms with E-state index in [4.69, 9.17) is 11.6 Å². The van der Waals surface area contributed by atoms with Crippen LogP contribution in [0.4, 0.5) is 0 Å². The van der Waals surface area contributed by atoms with Crippen LogP contribution in [-0.2, 0) is 16.4 Å². The zero-order valence-electron chi connectivity index (χ0n) is 12.1. The molecule has 0 spiro atoms. The molecule has 0 aliphatic rings. The maximum atomic E-state index is 12.5. The minimum Gasteiger partial charge on any atom is -0.389 e. The highest BCUT2D eigenvalue weighted by atomic mass is 35.5. The van der Waals surface area contributed by atoms with Gasteiger partial charge in [0.05, 0.1) is 10.5 Å². The zero-order valence-corrected chi connectivity index (χ0v) is 13.7. The fourth-order valence-corrected chi connectivity index (χ4v) is 3.71. The molecular formula is C14H22ClNO3S. The quantitative estimate of drug-likeness (QED) is 0.784. The van der Waals surface area contributed by atoms with E-state index in [1.807, 2.05) is 0 Å². The van der Waals surface area contributed by atoms with E-state index in [2.05, 4.69) is 0 Å². The van der Waals surface area contributed by atoms with Crippen LogP contribution in [0.1, 0.15) is 26.3 Å². The number of halogens is 1. The highest BCUT2D eigenvalue weighted by Gasteiger charge is 2.28. The van der Waals surface area contributed by atoms with Crippen molar-refractivity contribution in [2.75, 3.05) is 19.0 Å². The molecule has 0 radical (unpaired) electrons. The standard InChI is InChI=1S/C14H22ClNO3S/c1-4-16(11-14(2,3)17)20(18,19)13-7-5-12(6-8-13)9-10-15/h5-8,17H,4,9-11H2,1-3H3. The van der Waals surface area contributed by atoms with Crippen LogP contribution in [0, 0.1) is 0 Å². The van der Waals surface area contributed by atoms with Gasteiger partial charge in [-0.1, -0.05) is 19.1 Å². The second-order valence-electron chi connectivity index (χ2n) is 5.33. The number of hydrogen-bond acceptors (Lipinski definition) is 3. The Labute approximate surface area is 126 Å². The van der Waals surface area contributed by atoms with Crippen LogP contribution >= 0.6 is 11.6 Å². The first kappa shape index (κ1) is 17.4. The summed E-state index contributed by atoms with van der Waals surface area (Å²) in [7, 11) is -3.58. The summed E-state index contributed by atoms with van der Waals surface area (Å²) in [6.07, 6.45) is 0.711. The minimum absolute atomic E-state index is 0.0647. The van der Waals surface area contributed by atoms with Gasteiger partial charge in [0, 0.05) is 19.0 Å². The van der Waals surface area contributed by atoms with E-state index in [1.165, 1.54) is 4.31 Å². The molecule has 0 saturated carbocycles. The van der Waals surface area contributed by atoms with Crippen molar-refractivity contribution in [1.29, 1.82) is 0 Å². The smallest absolute Gasteiger partial charge is 0.243 e. The number of nitrogens with zero attached hydrogens (tertiary/aromatic N) is 1. The Kier molecular flexibility index (Phi) is 6.01. The maximum absolute atomic E-state index is 12.5. The molecule has 0 bridgehead atoms. The number of alkyl halides is 1. The molecule has 114 valence electrons. The lowest BCUT2D eigenvalue weighted by atomic mass is 10.1. The Balaban J connectivity index is 3.01. The summed E-state index contributed by atoms with van der Waals surface area (Å²) in [5.74, 6) is 0.506. The fraction of sp³-hybridized carbons (Fsp3) is 0.571. The topological polar surface area (TPSA) is 57.6 Å². The molecular weight excluding hydrogens is 298 g/mol. The lowest BCUT2D eigenvalue weighted by Gasteiger charge is -2.27. The van der Waals surface area contributed by atoms with Crippen molar-refractivity contribution in [3.05, 3.63) is 29.8 Å². The Bertz CT molecular complexity index is 520. The van der Waals surface area contributed by atoms with Gasteiger partial charge in [-0.2, -0.15) is 4.31 Å². The molecule has 0 amide bonds. The summed E-state index contributed by atoms with van der Waals surface area (Å²) in [5.41, 5.74) is -0.0637. The van der Waals surface area contributed by atoms with Gasteiger partial charge in [0.1, 0.15) is 0 Å². The lowest BCUT2D eigenvalue weighted by Crippen LogP contribution is -2.42. The number of benzene rings is 1. The molecule has 1 rings (SSSR count). The van der Waals surface area contributed by atoms with Gasteiger partial charge in [0.25, 0.3) is 0 Å². The molecule has 0 aliphatic carbocycles. The van der Waals surface area contributed by atoms with Gasteiger partial charge in [0.15, 0.2) is 0 Å². The van der Waals surface area contributed by atoms with Crippen LogP contribution in [0.25, 0.3) is 0 Å². The molecule has 1 N–H and O–H groups in total. The molecule has 0 aliphatic heterocycles. The third-order valence-corrected chi connectivity index (χ3v) is 4.98. The van der Waals surface area contributed by atoms with Crippen LogP contribution in [0.15, 0.2) is 29.2 Å². The molecule has 0 fully saturated rings. The van der Waals surface area contributed by atoms with Gasteiger partial charge in [-0.05, 0) is 38.0 Å². The average Bonchev–Trinajstić information content (AvgIpc) is 2.36. The maximum Gasteiger partial charge on any atom is 0.243 e. The third-order valence-electron chi connectivity index (χ3n) is 2.86. The van der Waals surface area contributed by atoms with E-state index in [1.54, 1.807) is 45.0 Å². The highest BCUT2D eigenvalue weighted by molar-refractivity contribution is 7.89. The van der Waals surface area contributed by atoms with Crippen molar-refractivity contribution >= 4 is 21.6 Å². The van der Waals surface area contributed by atoms with E-state index in [9.17, 15) is 13.5 Å². The zero-order chi connectivity index (χ0) is 15.4. The van der Waals surface area contributed by atoms with Crippen LogP contribution < -0.4 is 0 Å². The van der Waals surface area contributed by atoms with E-state index in [-0.39, 0.29) is 11.4 Å². The van der Waals surface area contributed by atoms with E-state index < -0.39 is 15.6 Å². The molecule has 0 atom stereocenters. The minimum atomic E-state index is -3.58. The van der Waals surface area contributed by atoms with Crippen LogP contribution in [-0.4, -0.2) is 42.4 Å². The molecule has 0 saturated heterocycles. The Morgan fingerprint density at radius 3 is 2.20 bits per heavy atom. The monoisotopic (exact) mass is 319 g/mol. The molecule has 1 aromatic carbocycles. The SMILES string of the molecule is CCN(CC(C)(C)O)S(=O)(=O)c1ccc(CCCl)cc1. The van der Waals surface area contributed by atoms with Crippen LogP contribution in [0.2, 0.25) is 0 Å². The van der Waals surface area contributed by atoms with Gasteiger partial charge >= 0.3 is 0 Å². The fourth-order valence-electron chi connectivity index (χ4n) is 1.88. The number of aryl methyl sites for hydroxylation is 1. The molecule has 1 aromatic rings. The number of hydrogen-bond donors (Lipinski definition) is 1. The number of aliphatic hydroxyl groups is 1. The van der Waals surface area contributed by atoms with Crippen molar-refractivity contribution < 1.29 is 13.5 Å². The predicted octanol–water partition coefficient (Wildman–Crippen LogP) is 2.25. The van der Waals surface area contributed by atoms with Crippen molar-refractivity contribution in [2.24, 2.45) is 0 Å². The Hall–Kier alpha value is -0.620. The molecule has 20 heavy (non-hydrogen) atoms. The first-order valence-corrected chi connectivity index (χ1v) is 8.55. The second-order valence-corrected chi connectivity index (χ2v) is 7.64. The molecule has 0 heterocycles. The first-order valence-electron chi connectivity index (χ1n) is 6.58. The summed E-state index contributed by atoms with van der Waals surface area (Å²) in [6, 6.07) is 6.72. The summed E-state index contributed by atoms with van der Waals surface area (Å²) in [6.45, 7) is 5.32. The predicted molar refractivity (Wildman–Crippen MR) is 81.6 cm³/mol. The summed E-state index contributed by atoms with van der Waals surface area (Å²) in [4.78, 5) is 0.238. The molecule has 4 nitrogen and oxygen atoms in total. The Morgan fingerprint density at radius 1 is 1.25 bits per heavy atom. The number of rotatable bonds is 7. The van der Waals surface area contributed by atoms with Crippen molar-refractivity contribution in [3.63, 3.8) is 0 Å². The first-order chi connectivity index (χ1) is 9.20.